The maximum Gasteiger partial charge on any atom is 0.0591 e. The summed E-state index contributed by atoms with van der Waals surface area (Å²) < 4.78 is 0. The Kier molecular flexibility index (Phi) is 6.70. The molecular weight excluding hydrogens is 565 g/mol. The lowest BCUT2D eigenvalue weighted by Crippen LogP contribution is -2.15. The number of fused-ring (bicyclic) bond motifs is 4. The number of anilines is 5. The van der Waals surface area contributed by atoms with E-state index in [2.05, 4.69) is 187 Å². The molecule has 2 nitrogen and oxygen atoms in total. The molecule has 1 heterocycles. The van der Waals surface area contributed by atoms with E-state index in [4.69, 9.17) is 0 Å². The first-order chi connectivity index (χ1) is 22.1. The lowest BCUT2D eigenvalue weighted by Gasteiger charge is -2.40. The van der Waals surface area contributed by atoms with Crippen LogP contribution in [0.4, 0.5) is 28.4 Å². The fourth-order valence-corrected chi connectivity index (χ4v) is 9.91. The van der Waals surface area contributed by atoms with E-state index in [1.165, 1.54) is 53.8 Å². The second-order valence-corrected chi connectivity index (χ2v) is 15.4. The third kappa shape index (κ3) is 4.68. The second kappa shape index (κ2) is 11.0. The Morgan fingerprint density at radius 3 is 1.76 bits per heavy atom. The van der Waals surface area contributed by atoms with Gasteiger partial charge in [-0.25, -0.2) is 0 Å². The van der Waals surface area contributed by atoms with Crippen LogP contribution in [0, 0.1) is 0 Å². The summed E-state index contributed by atoms with van der Waals surface area (Å²) in [6, 6.07) is 54.7. The van der Waals surface area contributed by atoms with E-state index in [-0.39, 0.29) is 0 Å². The first-order valence-electron chi connectivity index (χ1n) is 15.3. The van der Waals surface area contributed by atoms with Crippen LogP contribution in [0.15, 0.2) is 161 Å². The summed E-state index contributed by atoms with van der Waals surface area (Å²) in [6.07, 6.45) is 9.54. The standard InChI is InChI=1S/C42H34N2S/c1-45(2)41-32(18-11-25-38(41)43-37-24-10-16-30-14-6-8-22-35(30)37)28-29-33-19-13-27-40(42(33)45)44(34-20-4-3-5-21-34)39-26-12-17-31-15-7-9-23-36(31)39/h3-29,43H,1-2H3. The van der Waals surface area contributed by atoms with E-state index in [9.17, 15) is 0 Å². The molecule has 0 atom stereocenters. The van der Waals surface area contributed by atoms with E-state index < -0.39 is 10.0 Å². The molecule has 0 bridgehead atoms. The fraction of sp³-hybridized carbons (Fsp3) is 0.0476. The number of para-hydroxylation sites is 1. The van der Waals surface area contributed by atoms with Crippen molar-refractivity contribution in [1.82, 2.24) is 0 Å². The van der Waals surface area contributed by atoms with Crippen LogP contribution in [0.2, 0.25) is 0 Å². The van der Waals surface area contributed by atoms with Crippen LogP contribution < -0.4 is 10.2 Å². The minimum absolute atomic E-state index is 1.13. The van der Waals surface area contributed by atoms with Gasteiger partial charge in [-0.2, -0.15) is 10.0 Å². The van der Waals surface area contributed by atoms with E-state index in [0.717, 1.165) is 17.1 Å². The van der Waals surface area contributed by atoms with E-state index in [1.807, 2.05) is 0 Å². The molecule has 0 radical (unpaired) electrons. The van der Waals surface area contributed by atoms with Gasteiger partial charge < -0.3 is 10.2 Å². The molecule has 0 aromatic heterocycles. The first-order valence-corrected chi connectivity index (χ1v) is 17.8. The molecule has 8 rings (SSSR count). The minimum Gasteiger partial charge on any atom is -0.354 e. The quantitative estimate of drug-likeness (QED) is 0.212. The minimum atomic E-state index is -1.55. The summed E-state index contributed by atoms with van der Waals surface area (Å²) >= 11 is 0. The number of nitrogens with zero attached hydrogens (tertiary/aromatic N) is 1. The molecule has 1 aliphatic rings. The molecule has 0 amide bonds. The SMILES string of the molecule is CS1(C)c2c(cccc2Nc2cccc3ccccc23)C=Cc2cccc(N(c3ccccc3)c3cccc4ccccc34)c21. The zero-order valence-corrected chi connectivity index (χ0v) is 26.3. The molecule has 0 fully saturated rings. The molecule has 45 heavy (non-hydrogen) atoms. The smallest absolute Gasteiger partial charge is 0.0591 e. The molecule has 0 saturated carbocycles. The van der Waals surface area contributed by atoms with Crippen molar-refractivity contribution in [2.45, 2.75) is 9.79 Å². The summed E-state index contributed by atoms with van der Waals surface area (Å²) in [5.41, 5.74) is 8.35. The van der Waals surface area contributed by atoms with Gasteiger partial charge in [-0.1, -0.05) is 127 Å². The average molecular weight is 599 g/mol. The lowest BCUT2D eigenvalue weighted by atomic mass is 10.1. The number of benzene rings is 7. The molecule has 7 aromatic rings. The van der Waals surface area contributed by atoms with Gasteiger partial charge in [0.2, 0.25) is 0 Å². The Bertz CT molecular complexity index is 2220. The molecular formula is C42H34N2S. The highest BCUT2D eigenvalue weighted by molar-refractivity contribution is 8.33. The molecule has 7 aromatic carbocycles. The topological polar surface area (TPSA) is 15.3 Å². The van der Waals surface area contributed by atoms with Gasteiger partial charge in [0.1, 0.15) is 0 Å². The van der Waals surface area contributed by atoms with Crippen LogP contribution in [0.25, 0.3) is 33.7 Å². The Morgan fingerprint density at radius 2 is 0.978 bits per heavy atom. The molecule has 1 aliphatic heterocycles. The van der Waals surface area contributed by atoms with E-state index in [0.29, 0.717) is 0 Å². The predicted octanol–water partition coefficient (Wildman–Crippen LogP) is 12.2. The van der Waals surface area contributed by atoms with Gasteiger partial charge in [-0.3, -0.25) is 0 Å². The van der Waals surface area contributed by atoms with Gasteiger partial charge in [-0.15, -0.1) is 0 Å². The molecule has 3 heteroatoms. The van der Waals surface area contributed by atoms with Crippen LogP contribution in [-0.2, 0) is 0 Å². The van der Waals surface area contributed by atoms with Crippen LogP contribution in [0.3, 0.4) is 0 Å². The highest BCUT2D eigenvalue weighted by Crippen LogP contribution is 2.66. The average Bonchev–Trinajstić information content (AvgIpc) is 3.20. The first kappa shape index (κ1) is 27.3. The number of rotatable bonds is 5. The Balaban J connectivity index is 1.36. The van der Waals surface area contributed by atoms with E-state index >= 15 is 0 Å². The van der Waals surface area contributed by atoms with Gasteiger partial charge >= 0.3 is 0 Å². The van der Waals surface area contributed by atoms with Crippen molar-refractivity contribution in [2.75, 3.05) is 22.7 Å². The van der Waals surface area contributed by atoms with Crippen molar-refractivity contribution in [1.29, 1.82) is 0 Å². The van der Waals surface area contributed by atoms with Gasteiger partial charge in [0.15, 0.2) is 0 Å². The van der Waals surface area contributed by atoms with Crippen molar-refractivity contribution in [3.8, 4) is 0 Å². The molecule has 0 saturated heterocycles. The van der Waals surface area contributed by atoms with Crippen molar-refractivity contribution >= 4 is 72.2 Å². The van der Waals surface area contributed by atoms with Crippen molar-refractivity contribution < 1.29 is 0 Å². The molecule has 0 aliphatic carbocycles. The van der Waals surface area contributed by atoms with Crippen molar-refractivity contribution in [3.63, 3.8) is 0 Å². The predicted molar refractivity (Wildman–Crippen MR) is 197 cm³/mol. The monoisotopic (exact) mass is 598 g/mol. The molecule has 0 unspecified atom stereocenters. The normalized spacial score (nSPS) is 13.9. The highest BCUT2D eigenvalue weighted by Gasteiger charge is 2.32. The Hall–Kier alpha value is -5.25. The van der Waals surface area contributed by atoms with Crippen LogP contribution >= 0.6 is 10.0 Å². The molecule has 1 N–H and O–H groups in total. The Morgan fingerprint density at radius 1 is 0.444 bits per heavy atom. The van der Waals surface area contributed by atoms with Crippen molar-refractivity contribution in [2.24, 2.45) is 0 Å². The maximum atomic E-state index is 3.90. The van der Waals surface area contributed by atoms with Crippen LogP contribution in [0.1, 0.15) is 11.1 Å². The van der Waals surface area contributed by atoms with Gasteiger partial charge in [0.05, 0.1) is 17.1 Å². The van der Waals surface area contributed by atoms with Gasteiger partial charge in [0.25, 0.3) is 0 Å². The zero-order valence-electron chi connectivity index (χ0n) is 25.4. The third-order valence-electron chi connectivity index (χ3n) is 8.86. The molecule has 218 valence electrons. The van der Waals surface area contributed by atoms with Gasteiger partial charge in [0, 0.05) is 31.9 Å². The van der Waals surface area contributed by atoms with Crippen LogP contribution in [0.5, 0.6) is 0 Å². The van der Waals surface area contributed by atoms with Crippen LogP contribution in [-0.4, -0.2) is 12.5 Å². The fourth-order valence-electron chi connectivity index (χ4n) is 6.91. The lowest BCUT2D eigenvalue weighted by molar-refractivity contribution is 1.22. The molecule has 0 spiro atoms. The maximum absolute atomic E-state index is 3.90. The van der Waals surface area contributed by atoms with Gasteiger partial charge in [-0.05, 0) is 70.8 Å². The number of hydrogen-bond donors (Lipinski definition) is 1. The highest BCUT2D eigenvalue weighted by atomic mass is 32.3. The zero-order chi connectivity index (χ0) is 30.4. The summed E-state index contributed by atoms with van der Waals surface area (Å²) in [6.45, 7) is 0. The summed E-state index contributed by atoms with van der Waals surface area (Å²) in [5, 5.41) is 8.82. The summed E-state index contributed by atoms with van der Waals surface area (Å²) in [7, 11) is -1.55. The number of nitrogens with one attached hydrogen (secondary N) is 1. The van der Waals surface area contributed by atoms with E-state index in [1.54, 1.807) is 0 Å². The third-order valence-corrected chi connectivity index (χ3v) is 11.8. The number of hydrogen-bond acceptors (Lipinski definition) is 2. The summed E-state index contributed by atoms with van der Waals surface area (Å²) in [5.74, 6) is 0. The second-order valence-electron chi connectivity index (χ2n) is 11.9. The summed E-state index contributed by atoms with van der Waals surface area (Å²) in [4.78, 5) is 5.21. The largest absolute Gasteiger partial charge is 0.354 e. The van der Waals surface area contributed by atoms with Crippen molar-refractivity contribution in [3.05, 3.63) is 163 Å². The Labute approximate surface area is 266 Å².